The fourth-order valence-corrected chi connectivity index (χ4v) is 4.13. The molecule has 1 N–H and O–H groups in total. The number of aromatic hydroxyl groups is 1. The quantitative estimate of drug-likeness (QED) is 0.235. The van der Waals surface area contributed by atoms with Gasteiger partial charge >= 0.3 is 5.91 Å². The molecular weight excluding hydrogens is 478 g/mol. The maximum Gasteiger partial charge on any atom is 0.302 e. The van der Waals surface area contributed by atoms with E-state index in [4.69, 9.17) is 21.1 Å². The summed E-state index contributed by atoms with van der Waals surface area (Å²) in [6.45, 7) is 0.337. The molecule has 5 rings (SSSR count). The van der Waals surface area contributed by atoms with Gasteiger partial charge in [0.15, 0.2) is 12.3 Å². The number of nitrogens with zero attached hydrogens (tertiary/aromatic N) is 3. The minimum atomic E-state index is -0.568. The fraction of sp³-hybridized carbons (Fsp3) is 0.107. The number of halogens is 1. The third kappa shape index (κ3) is 5.01. The second-order valence-corrected chi connectivity index (χ2v) is 8.42. The van der Waals surface area contributed by atoms with Crippen LogP contribution in [0.4, 0.5) is 5.69 Å². The monoisotopic (exact) mass is 499 g/mol. The van der Waals surface area contributed by atoms with Crippen LogP contribution >= 0.6 is 11.6 Å². The molecule has 0 aliphatic rings. The van der Waals surface area contributed by atoms with E-state index < -0.39 is 5.91 Å². The molecule has 0 radical (unpaired) electrons. The van der Waals surface area contributed by atoms with Gasteiger partial charge in [0.25, 0.3) is 0 Å². The zero-order valence-electron chi connectivity index (χ0n) is 19.2. The summed E-state index contributed by atoms with van der Waals surface area (Å²) < 4.78 is 13.0. The van der Waals surface area contributed by atoms with E-state index in [1.54, 1.807) is 22.8 Å². The van der Waals surface area contributed by atoms with E-state index in [1.807, 2.05) is 72.8 Å². The summed E-state index contributed by atoms with van der Waals surface area (Å²) in [5, 5.41) is 22.0. The summed E-state index contributed by atoms with van der Waals surface area (Å²) >= 11 is 6.15. The van der Waals surface area contributed by atoms with Crippen molar-refractivity contribution < 1.29 is 19.4 Å². The summed E-state index contributed by atoms with van der Waals surface area (Å²) in [4.78, 5) is 12.4. The summed E-state index contributed by atoms with van der Waals surface area (Å²) in [5.74, 6) is 0.453. The second-order valence-electron chi connectivity index (χ2n) is 8.01. The third-order valence-electron chi connectivity index (χ3n) is 5.67. The van der Waals surface area contributed by atoms with Crippen LogP contribution < -0.4 is 9.47 Å². The Labute approximate surface area is 212 Å². The van der Waals surface area contributed by atoms with Crippen LogP contribution in [0.5, 0.6) is 17.4 Å². The van der Waals surface area contributed by atoms with Gasteiger partial charge in [-0.1, -0.05) is 72.3 Å². The number of para-hydroxylation sites is 2. The SMILES string of the molecule is O=C(COc1ccc2ccccc2c1)N=Nc1c(O)n(CCOc2ccccc2Cl)c2ccccc12. The van der Waals surface area contributed by atoms with Crippen LogP contribution in [0.3, 0.4) is 0 Å². The van der Waals surface area contributed by atoms with Crippen molar-refractivity contribution in [1.29, 1.82) is 0 Å². The Bertz CT molecular complexity index is 1580. The van der Waals surface area contributed by atoms with Crippen molar-refractivity contribution >= 4 is 44.9 Å². The number of benzene rings is 4. The van der Waals surface area contributed by atoms with Gasteiger partial charge in [0.2, 0.25) is 5.88 Å². The first-order valence-electron chi connectivity index (χ1n) is 11.3. The number of ether oxygens (including phenoxy) is 2. The van der Waals surface area contributed by atoms with Gasteiger partial charge in [-0.25, -0.2) is 0 Å². The van der Waals surface area contributed by atoms with E-state index in [0.717, 1.165) is 16.3 Å². The molecular formula is C28H22ClN3O4. The lowest BCUT2D eigenvalue weighted by atomic mass is 10.1. The maximum atomic E-state index is 12.4. The molecule has 0 saturated heterocycles. The van der Waals surface area contributed by atoms with Crippen LogP contribution in [0.15, 0.2) is 101 Å². The lowest BCUT2D eigenvalue weighted by Crippen LogP contribution is -2.08. The van der Waals surface area contributed by atoms with Crippen molar-refractivity contribution in [2.24, 2.45) is 10.2 Å². The molecule has 1 aromatic heterocycles. The summed E-state index contributed by atoms with van der Waals surface area (Å²) in [6, 6.07) is 28.0. The number of fused-ring (bicyclic) bond motifs is 2. The van der Waals surface area contributed by atoms with Crippen LogP contribution in [0.1, 0.15) is 0 Å². The van der Waals surface area contributed by atoms with Gasteiger partial charge in [-0.15, -0.1) is 10.2 Å². The molecule has 7 nitrogen and oxygen atoms in total. The van der Waals surface area contributed by atoms with E-state index >= 15 is 0 Å². The van der Waals surface area contributed by atoms with Crippen LogP contribution in [0, 0.1) is 0 Å². The lowest BCUT2D eigenvalue weighted by Gasteiger charge is -2.10. The number of amides is 1. The Kier molecular flexibility index (Phi) is 6.82. The molecule has 0 atom stereocenters. The van der Waals surface area contributed by atoms with Gasteiger partial charge in [-0.2, -0.15) is 0 Å². The van der Waals surface area contributed by atoms with E-state index in [1.165, 1.54) is 0 Å². The number of carbonyl (C=O) groups is 1. The van der Waals surface area contributed by atoms with E-state index in [-0.39, 0.29) is 24.8 Å². The molecule has 0 fully saturated rings. The van der Waals surface area contributed by atoms with Crippen molar-refractivity contribution in [3.05, 3.63) is 96.0 Å². The topological polar surface area (TPSA) is 85.4 Å². The van der Waals surface area contributed by atoms with Crippen LogP contribution in [-0.4, -0.2) is 28.8 Å². The van der Waals surface area contributed by atoms with Gasteiger partial charge in [0.1, 0.15) is 18.1 Å². The first-order valence-corrected chi connectivity index (χ1v) is 11.7. The first kappa shape index (κ1) is 23.4. The Balaban J connectivity index is 1.28. The fourth-order valence-electron chi connectivity index (χ4n) is 3.94. The molecule has 0 aliphatic carbocycles. The van der Waals surface area contributed by atoms with Crippen molar-refractivity contribution in [2.75, 3.05) is 13.2 Å². The van der Waals surface area contributed by atoms with Gasteiger partial charge in [-0.3, -0.25) is 4.79 Å². The molecule has 1 heterocycles. The molecule has 0 bridgehead atoms. The van der Waals surface area contributed by atoms with Crippen molar-refractivity contribution in [3.63, 3.8) is 0 Å². The number of carbonyl (C=O) groups excluding carboxylic acids is 1. The van der Waals surface area contributed by atoms with E-state index in [2.05, 4.69) is 10.2 Å². The normalized spacial score (nSPS) is 11.4. The molecule has 1 amide bonds. The number of rotatable bonds is 8. The Morgan fingerprint density at radius 3 is 2.50 bits per heavy atom. The number of aromatic nitrogens is 1. The molecule has 180 valence electrons. The van der Waals surface area contributed by atoms with Gasteiger partial charge < -0.3 is 19.1 Å². The Morgan fingerprint density at radius 2 is 1.64 bits per heavy atom. The Morgan fingerprint density at radius 1 is 0.889 bits per heavy atom. The van der Waals surface area contributed by atoms with Crippen LogP contribution in [0.25, 0.3) is 21.7 Å². The molecule has 0 unspecified atom stereocenters. The lowest BCUT2D eigenvalue weighted by molar-refractivity contribution is -0.120. The summed E-state index contributed by atoms with van der Waals surface area (Å²) in [5.41, 5.74) is 0.953. The minimum Gasteiger partial charge on any atom is -0.493 e. The molecule has 0 saturated carbocycles. The molecule has 0 spiro atoms. The zero-order valence-corrected chi connectivity index (χ0v) is 19.9. The van der Waals surface area contributed by atoms with Gasteiger partial charge in [-0.05, 0) is 41.1 Å². The maximum absolute atomic E-state index is 12.4. The summed E-state index contributed by atoms with van der Waals surface area (Å²) in [7, 11) is 0. The molecule has 5 aromatic rings. The minimum absolute atomic E-state index is 0.106. The average molecular weight is 500 g/mol. The highest BCUT2D eigenvalue weighted by molar-refractivity contribution is 6.32. The second kappa shape index (κ2) is 10.5. The molecule has 36 heavy (non-hydrogen) atoms. The van der Waals surface area contributed by atoms with Crippen molar-refractivity contribution in [1.82, 2.24) is 4.57 Å². The average Bonchev–Trinajstić information content (AvgIpc) is 3.17. The van der Waals surface area contributed by atoms with E-state index in [9.17, 15) is 9.90 Å². The van der Waals surface area contributed by atoms with Crippen LogP contribution in [-0.2, 0) is 11.3 Å². The van der Waals surface area contributed by atoms with Crippen molar-refractivity contribution in [2.45, 2.75) is 6.54 Å². The van der Waals surface area contributed by atoms with Gasteiger partial charge in [0, 0.05) is 5.39 Å². The summed E-state index contributed by atoms with van der Waals surface area (Å²) in [6.07, 6.45) is 0. The standard InChI is InChI=1S/C28H22ClN3O4/c29-23-10-4-6-12-25(23)35-16-15-32-24-11-5-3-9-22(24)27(28(32)34)31-30-26(33)18-36-21-14-13-19-7-1-2-8-20(19)17-21/h1-14,17,34H,15-16,18H2. The Hall–Kier alpha value is -4.36. The highest BCUT2D eigenvalue weighted by Gasteiger charge is 2.17. The first-order chi connectivity index (χ1) is 17.6. The predicted octanol–water partition coefficient (Wildman–Crippen LogP) is 6.92. The smallest absolute Gasteiger partial charge is 0.302 e. The zero-order chi connectivity index (χ0) is 24.9. The largest absolute Gasteiger partial charge is 0.493 e. The number of hydrogen-bond acceptors (Lipinski definition) is 5. The van der Waals surface area contributed by atoms with Crippen LogP contribution in [0.2, 0.25) is 5.02 Å². The highest BCUT2D eigenvalue weighted by Crippen LogP contribution is 2.38. The number of hydrogen-bond donors (Lipinski definition) is 1. The van der Waals surface area contributed by atoms with E-state index in [0.29, 0.717) is 28.5 Å². The highest BCUT2D eigenvalue weighted by atomic mass is 35.5. The molecule has 4 aromatic carbocycles. The third-order valence-corrected chi connectivity index (χ3v) is 5.98. The molecule has 8 heteroatoms. The van der Waals surface area contributed by atoms with Crippen molar-refractivity contribution in [3.8, 4) is 17.4 Å². The molecule has 0 aliphatic heterocycles. The van der Waals surface area contributed by atoms with Gasteiger partial charge in [0.05, 0.1) is 17.1 Å². The predicted molar refractivity (Wildman–Crippen MR) is 140 cm³/mol. The number of azo groups is 1.